The molecule has 0 bridgehead atoms. The summed E-state index contributed by atoms with van der Waals surface area (Å²) in [6.07, 6.45) is 3.91. The highest BCUT2D eigenvalue weighted by Crippen LogP contribution is 2.33. The number of carbonyl (C=O) groups excluding carboxylic acids is 1. The fraction of sp³-hybridized carbons (Fsp3) is 0.500. The Kier molecular flexibility index (Phi) is 4.42. The molecule has 0 aliphatic carbocycles. The number of nitrogens with zero attached hydrogens (tertiary/aromatic N) is 1. The molecule has 114 valence electrons. The summed E-state index contributed by atoms with van der Waals surface area (Å²) in [5.74, 6) is -0.403. The molecule has 1 amide bonds. The van der Waals surface area contributed by atoms with Crippen molar-refractivity contribution < 1.29 is 9.90 Å². The van der Waals surface area contributed by atoms with Crippen molar-refractivity contribution in [3.05, 3.63) is 45.3 Å². The van der Waals surface area contributed by atoms with E-state index in [1.54, 1.807) is 11.0 Å². The molecular formula is C14H19N3O4. The molecule has 1 aromatic rings. The van der Waals surface area contributed by atoms with Gasteiger partial charge in [0.2, 0.25) is 0 Å². The molecule has 0 aromatic carbocycles. The van der Waals surface area contributed by atoms with Gasteiger partial charge < -0.3 is 15.0 Å². The Labute approximate surface area is 121 Å². The third-order valence-electron chi connectivity index (χ3n) is 3.85. The largest absolute Gasteiger partial charge is 0.396 e. The number of aromatic amines is 2. The van der Waals surface area contributed by atoms with Gasteiger partial charge in [-0.25, -0.2) is 4.79 Å². The molecule has 7 heteroatoms. The standard InChI is InChI=1S/C14H19N3O4/c1-2-4-14(9-18)5-3-6-17(8-14)12(20)10-7-11(19)16-13(21)15-10/h2,7,18H,1,3-6,8-9H2,(H2,15,16,19,21)/t14-/m0/s1. The van der Waals surface area contributed by atoms with Crippen LogP contribution in [0.1, 0.15) is 29.8 Å². The fourth-order valence-electron chi connectivity index (χ4n) is 2.80. The van der Waals surface area contributed by atoms with E-state index in [-0.39, 0.29) is 12.3 Å². The Morgan fingerprint density at radius 2 is 2.24 bits per heavy atom. The van der Waals surface area contributed by atoms with E-state index in [2.05, 4.69) is 11.6 Å². The molecule has 1 saturated heterocycles. The van der Waals surface area contributed by atoms with Crippen LogP contribution in [0, 0.1) is 5.41 Å². The minimum atomic E-state index is -0.706. The molecule has 2 heterocycles. The summed E-state index contributed by atoms with van der Waals surface area (Å²) in [4.78, 5) is 40.9. The summed E-state index contributed by atoms with van der Waals surface area (Å²) in [5, 5.41) is 9.63. The average Bonchev–Trinajstić information content (AvgIpc) is 2.46. The van der Waals surface area contributed by atoms with Crippen LogP contribution in [-0.2, 0) is 0 Å². The fourth-order valence-corrected chi connectivity index (χ4v) is 2.80. The van der Waals surface area contributed by atoms with Gasteiger partial charge in [0.1, 0.15) is 5.69 Å². The molecule has 1 aromatic heterocycles. The van der Waals surface area contributed by atoms with Crippen LogP contribution >= 0.6 is 0 Å². The number of aliphatic hydroxyl groups excluding tert-OH is 1. The minimum absolute atomic E-state index is 0.0314. The normalized spacial score (nSPS) is 22.0. The maximum absolute atomic E-state index is 12.4. The molecule has 2 rings (SSSR count). The van der Waals surface area contributed by atoms with Crippen molar-refractivity contribution in [2.24, 2.45) is 5.41 Å². The summed E-state index contributed by atoms with van der Waals surface area (Å²) in [7, 11) is 0. The highest BCUT2D eigenvalue weighted by atomic mass is 16.3. The number of carbonyl (C=O) groups is 1. The Morgan fingerprint density at radius 1 is 1.48 bits per heavy atom. The monoisotopic (exact) mass is 293 g/mol. The van der Waals surface area contributed by atoms with Crippen LogP contribution in [0.4, 0.5) is 0 Å². The number of nitrogens with one attached hydrogen (secondary N) is 2. The van der Waals surface area contributed by atoms with Gasteiger partial charge >= 0.3 is 5.69 Å². The Morgan fingerprint density at radius 3 is 2.86 bits per heavy atom. The van der Waals surface area contributed by atoms with E-state index in [0.717, 1.165) is 18.9 Å². The van der Waals surface area contributed by atoms with Gasteiger partial charge in [0.15, 0.2) is 0 Å². The first-order valence-corrected chi connectivity index (χ1v) is 6.84. The predicted molar refractivity (Wildman–Crippen MR) is 77.2 cm³/mol. The quantitative estimate of drug-likeness (QED) is 0.671. The summed E-state index contributed by atoms with van der Waals surface area (Å²) >= 11 is 0. The molecule has 1 fully saturated rings. The first kappa shape index (κ1) is 15.2. The van der Waals surface area contributed by atoms with E-state index < -0.39 is 22.6 Å². The van der Waals surface area contributed by atoms with Crippen molar-refractivity contribution in [1.82, 2.24) is 14.9 Å². The number of H-pyrrole nitrogens is 2. The van der Waals surface area contributed by atoms with Gasteiger partial charge in [0.05, 0.1) is 6.61 Å². The Bertz CT molecular complexity index is 620. The van der Waals surface area contributed by atoms with Gasteiger partial charge in [-0.3, -0.25) is 14.6 Å². The molecule has 0 radical (unpaired) electrons. The second-order valence-electron chi connectivity index (χ2n) is 5.48. The number of likely N-dealkylation sites (tertiary alicyclic amines) is 1. The van der Waals surface area contributed by atoms with Gasteiger partial charge in [0, 0.05) is 24.6 Å². The number of allylic oxidation sites excluding steroid dienone is 1. The predicted octanol–water partition coefficient (Wildman–Crippen LogP) is -0.146. The maximum atomic E-state index is 12.4. The van der Waals surface area contributed by atoms with E-state index in [1.807, 2.05) is 4.98 Å². The SMILES string of the molecule is C=CC[C@]1(CO)CCCN(C(=O)c2cc(=O)[nH]c(=O)[nH]2)C1. The summed E-state index contributed by atoms with van der Waals surface area (Å²) in [5.41, 5.74) is -1.74. The lowest BCUT2D eigenvalue weighted by atomic mass is 9.78. The lowest BCUT2D eigenvalue weighted by molar-refractivity contribution is 0.0281. The van der Waals surface area contributed by atoms with Gasteiger partial charge in [0.25, 0.3) is 11.5 Å². The van der Waals surface area contributed by atoms with Crippen molar-refractivity contribution in [2.45, 2.75) is 19.3 Å². The second kappa shape index (κ2) is 6.09. The molecule has 21 heavy (non-hydrogen) atoms. The third kappa shape index (κ3) is 3.30. The number of aromatic nitrogens is 2. The first-order valence-electron chi connectivity index (χ1n) is 6.84. The van der Waals surface area contributed by atoms with Crippen LogP contribution in [0.25, 0.3) is 0 Å². The second-order valence-corrected chi connectivity index (χ2v) is 5.48. The number of rotatable bonds is 4. The molecular weight excluding hydrogens is 274 g/mol. The highest BCUT2D eigenvalue weighted by molar-refractivity contribution is 5.92. The average molecular weight is 293 g/mol. The number of hydrogen-bond donors (Lipinski definition) is 3. The molecule has 3 N–H and O–H groups in total. The van der Waals surface area contributed by atoms with Crippen LogP contribution in [-0.4, -0.2) is 45.6 Å². The lowest BCUT2D eigenvalue weighted by Crippen LogP contribution is -2.48. The van der Waals surface area contributed by atoms with Crippen molar-refractivity contribution in [1.29, 1.82) is 0 Å². The molecule has 7 nitrogen and oxygen atoms in total. The smallest absolute Gasteiger partial charge is 0.326 e. The van der Waals surface area contributed by atoms with Crippen molar-refractivity contribution >= 4 is 5.91 Å². The highest BCUT2D eigenvalue weighted by Gasteiger charge is 2.36. The first-order chi connectivity index (χ1) is 9.99. The Hall–Kier alpha value is -2.15. The Balaban J connectivity index is 2.24. The zero-order chi connectivity index (χ0) is 15.5. The molecule has 0 saturated carbocycles. The number of aliphatic hydroxyl groups is 1. The van der Waals surface area contributed by atoms with Crippen LogP contribution < -0.4 is 11.2 Å². The van der Waals surface area contributed by atoms with Gasteiger partial charge in [-0.1, -0.05) is 6.08 Å². The summed E-state index contributed by atoms with van der Waals surface area (Å²) < 4.78 is 0. The minimum Gasteiger partial charge on any atom is -0.396 e. The topological polar surface area (TPSA) is 106 Å². The zero-order valence-electron chi connectivity index (χ0n) is 11.7. The number of amides is 1. The third-order valence-corrected chi connectivity index (χ3v) is 3.85. The van der Waals surface area contributed by atoms with Gasteiger partial charge in [-0.05, 0) is 19.3 Å². The number of hydrogen-bond acceptors (Lipinski definition) is 4. The van der Waals surface area contributed by atoms with Crippen LogP contribution in [0.2, 0.25) is 0 Å². The summed E-state index contributed by atoms with van der Waals surface area (Å²) in [6, 6.07) is 1.08. The lowest BCUT2D eigenvalue weighted by Gasteiger charge is -2.41. The summed E-state index contributed by atoms with van der Waals surface area (Å²) in [6.45, 7) is 4.57. The molecule has 1 atom stereocenters. The zero-order valence-corrected chi connectivity index (χ0v) is 11.7. The van der Waals surface area contributed by atoms with Gasteiger partial charge in [-0.15, -0.1) is 6.58 Å². The number of piperidine rings is 1. The van der Waals surface area contributed by atoms with E-state index >= 15 is 0 Å². The molecule has 1 aliphatic heterocycles. The van der Waals surface area contributed by atoms with Crippen LogP contribution in [0.3, 0.4) is 0 Å². The van der Waals surface area contributed by atoms with Crippen molar-refractivity contribution in [3.8, 4) is 0 Å². The molecule has 0 unspecified atom stereocenters. The van der Waals surface area contributed by atoms with Crippen LogP contribution in [0.5, 0.6) is 0 Å². The molecule has 1 aliphatic rings. The van der Waals surface area contributed by atoms with E-state index in [0.29, 0.717) is 19.5 Å². The van der Waals surface area contributed by atoms with E-state index in [4.69, 9.17) is 0 Å². The van der Waals surface area contributed by atoms with Crippen molar-refractivity contribution in [3.63, 3.8) is 0 Å². The van der Waals surface area contributed by atoms with E-state index in [1.165, 1.54) is 0 Å². The van der Waals surface area contributed by atoms with Crippen LogP contribution in [0.15, 0.2) is 28.3 Å². The molecule has 0 spiro atoms. The maximum Gasteiger partial charge on any atom is 0.326 e. The van der Waals surface area contributed by atoms with Gasteiger partial charge in [-0.2, -0.15) is 0 Å². The van der Waals surface area contributed by atoms with E-state index in [9.17, 15) is 19.5 Å². The van der Waals surface area contributed by atoms with Crippen molar-refractivity contribution in [2.75, 3.05) is 19.7 Å².